The third-order valence-corrected chi connectivity index (χ3v) is 3.59. The number of morpholine rings is 1. The normalized spacial score (nSPS) is 18.2. The van der Waals surface area contributed by atoms with E-state index in [4.69, 9.17) is 4.74 Å². The smallest absolute Gasteiger partial charge is 0.347 e. The van der Waals surface area contributed by atoms with Crippen LogP contribution in [0.4, 0.5) is 0 Å². The number of carbonyl (C=O) groups is 1. The number of ether oxygens (including phenoxy) is 1. The van der Waals surface area contributed by atoms with E-state index in [1.807, 2.05) is 12.1 Å². The molecule has 22 heavy (non-hydrogen) atoms. The van der Waals surface area contributed by atoms with Crippen molar-refractivity contribution in [3.05, 3.63) is 59.0 Å². The van der Waals surface area contributed by atoms with Crippen LogP contribution in [0.5, 0.6) is 0 Å². The van der Waals surface area contributed by atoms with Crippen molar-refractivity contribution in [3.8, 4) is 0 Å². The summed E-state index contributed by atoms with van der Waals surface area (Å²) in [6, 6.07) is 5.39. The second-order valence-electron chi connectivity index (χ2n) is 5.01. The van der Waals surface area contributed by atoms with E-state index in [0.717, 1.165) is 5.56 Å². The fraction of sp³-hybridized carbons (Fsp3) is 0.333. The Bertz CT molecular complexity index is 701. The van der Waals surface area contributed by atoms with Crippen LogP contribution in [0.15, 0.2) is 47.8 Å². The van der Waals surface area contributed by atoms with Gasteiger partial charge in [-0.3, -0.25) is 14.3 Å². The van der Waals surface area contributed by atoms with E-state index in [1.165, 1.54) is 10.8 Å². The number of aromatic nitrogens is 3. The average Bonchev–Trinajstić information content (AvgIpc) is 2.58. The van der Waals surface area contributed by atoms with Gasteiger partial charge in [0.25, 0.3) is 0 Å². The van der Waals surface area contributed by atoms with Crippen molar-refractivity contribution >= 4 is 5.91 Å². The molecule has 1 fully saturated rings. The maximum atomic E-state index is 12.4. The second-order valence-corrected chi connectivity index (χ2v) is 5.01. The van der Waals surface area contributed by atoms with Gasteiger partial charge in [0.05, 0.1) is 13.2 Å². The van der Waals surface area contributed by atoms with Crippen LogP contribution in [0, 0.1) is 0 Å². The molecule has 0 bridgehead atoms. The summed E-state index contributed by atoms with van der Waals surface area (Å²) in [6.45, 7) is 1.46. The lowest BCUT2D eigenvalue weighted by atomic mass is 10.1. The minimum atomic E-state index is -0.421. The van der Waals surface area contributed by atoms with Crippen LogP contribution >= 0.6 is 0 Å². The van der Waals surface area contributed by atoms with Crippen molar-refractivity contribution in [1.29, 1.82) is 0 Å². The summed E-state index contributed by atoms with van der Waals surface area (Å²) >= 11 is 0. The lowest BCUT2D eigenvalue weighted by Gasteiger charge is -2.33. The molecule has 1 atom stereocenters. The Morgan fingerprint density at radius 1 is 1.32 bits per heavy atom. The zero-order valence-corrected chi connectivity index (χ0v) is 12.0. The predicted octanol–water partition coefficient (Wildman–Crippen LogP) is 0.238. The molecule has 0 radical (unpaired) electrons. The Morgan fingerprint density at radius 3 is 2.91 bits per heavy atom. The molecule has 0 unspecified atom stereocenters. The molecule has 1 amide bonds. The molecule has 1 aliphatic rings. The highest BCUT2D eigenvalue weighted by Gasteiger charge is 2.25. The van der Waals surface area contributed by atoms with Crippen LogP contribution in [0.2, 0.25) is 0 Å². The van der Waals surface area contributed by atoms with Crippen molar-refractivity contribution in [2.45, 2.75) is 12.6 Å². The summed E-state index contributed by atoms with van der Waals surface area (Å²) in [5.74, 6) is -0.113. The maximum absolute atomic E-state index is 12.4. The summed E-state index contributed by atoms with van der Waals surface area (Å²) in [4.78, 5) is 33.3. The third kappa shape index (κ3) is 3.20. The highest BCUT2D eigenvalue weighted by Crippen LogP contribution is 2.21. The Hall–Kier alpha value is -2.54. The van der Waals surface area contributed by atoms with Gasteiger partial charge < -0.3 is 9.64 Å². The van der Waals surface area contributed by atoms with Gasteiger partial charge >= 0.3 is 5.69 Å². The molecule has 3 heterocycles. The molecule has 2 aromatic heterocycles. The number of hydrogen-bond acceptors (Lipinski definition) is 5. The summed E-state index contributed by atoms with van der Waals surface area (Å²) in [5.41, 5.74) is 0.570. The molecule has 0 spiro atoms. The van der Waals surface area contributed by atoms with Gasteiger partial charge in [-0.05, 0) is 23.8 Å². The van der Waals surface area contributed by atoms with E-state index in [-0.39, 0.29) is 18.6 Å². The lowest BCUT2D eigenvalue weighted by Crippen LogP contribution is -2.44. The third-order valence-electron chi connectivity index (χ3n) is 3.59. The first-order valence-electron chi connectivity index (χ1n) is 7.05. The first-order valence-corrected chi connectivity index (χ1v) is 7.05. The maximum Gasteiger partial charge on any atom is 0.347 e. The standard InChI is InChI=1S/C15H16N4O3/c20-14(11-19-7-1-4-17-15(19)21)18-8-9-22-13(10-18)12-2-5-16-6-3-12/h1-7,13H,8-11H2/t13-/m0/s1. The first kappa shape index (κ1) is 14.4. The Morgan fingerprint density at radius 2 is 2.14 bits per heavy atom. The van der Waals surface area contributed by atoms with Crippen molar-refractivity contribution in [1.82, 2.24) is 19.4 Å². The Kier molecular flexibility index (Phi) is 4.24. The quantitative estimate of drug-likeness (QED) is 0.811. The summed E-state index contributed by atoms with van der Waals surface area (Å²) < 4.78 is 7.02. The molecule has 0 aliphatic carbocycles. The van der Waals surface area contributed by atoms with Crippen molar-refractivity contribution < 1.29 is 9.53 Å². The average molecular weight is 300 g/mol. The summed E-state index contributed by atoms with van der Waals surface area (Å²) in [6.07, 6.45) is 6.22. The second kappa shape index (κ2) is 6.48. The predicted molar refractivity (Wildman–Crippen MR) is 78.0 cm³/mol. The highest BCUT2D eigenvalue weighted by atomic mass is 16.5. The van der Waals surface area contributed by atoms with E-state index >= 15 is 0 Å². The lowest BCUT2D eigenvalue weighted by molar-refractivity contribution is -0.139. The number of hydrogen-bond donors (Lipinski definition) is 0. The number of amides is 1. The van der Waals surface area contributed by atoms with Crippen molar-refractivity contribution in [2.24, 2.45) is 0 Å². The van der Waals surface area contributed by atoms with E-state index in [1.54, 1.807) is 29.6 Å². The zero-order chi connectivity index (χ0) is 15.4. The van der Waals surface area contributed by atoms with Crippen LogP contribution in [-0.2, 0) is 16.1 Å². The van der Waals surface area contributed by atoms with Gasteiger partial charge in [0.1, 0.15) is 12.6 Å². The largest absolute Gasteiger partial charge is 0.370 e. The number of rotatable bonds is 3. The fourth-order valence-electron chi connectivity index (χ4n) is 2.41. The Balaban J connectivity index is 1.68. The van der Waals surface area contributed by atoms with Crippen LogP contribution in [0.25, 0.3) is 0 Å². The minimum absolute atomic E-state index is 0.00423. The van der Waals surface area contributed by atoms with Crippen LogP contribution in [0.3, 0.4) is 0 Å². The molecular weight excluding hydrogens is 284 g/mol. The van der Waals surface area contributed by atoms with Gasteiger partial charge in [0.2, 0.25) is 5.91 Å². The molecule has 3 rings (SSSR count). The van der Waals surface area contributed by atoms with Crippen LogP contribution in [-0.4, -0.2) is 45.0 Å². The molecule has 0 N–H and O–H groups in total. The highest BCUT2D eigenvalue weighted by molar-refractivity contribution is 5.76. The van der Waals surface area contributed by atoms with Gasteiger partial charge in [-0.1, -0.05) is 0 Å². The number of nitrogens with zero attached hydrogens (tertiary/aromatic N) is 4. The molecule has 0 aromatic carbocycles. The molecule has 114 valence electrons. The molecule has 7 nitrogen and oxygen atoms in total. The molecule has 1 aliphatic heterocycles. The monoisotopic (exact) mass is 300 g/mol. The van der Waals surface area contributed by atoms with Crippen LogP contribution in [0.1, 0.15) is 11.7 Å². The van der Waals surface area contributed by atoms with E-state index < -0.39 is 5.69 Å². The topological polar surface area (TPSA) is 77.3 Å². The van der Waals surface area contributed by atoms with Crippen molar-refractivity contribution in [3.63, 3.8) is 0 Å². The van der Waals surface area contributed by atoms with Gasteiger partial charge in [-0.2, -0.15) is 0 Å². The molecular formula is C15H16N4O3. The fourth-order valence-corrected chi connectivity index (χ4v) is 2.41. The van der Waals surface area contributed by atoms with E-state index in [9.17, 15) is 9.59 Å². The summed E-state index contributed by atoms with van der Waals surface area (Å²) in [5, 5.41) is 0. The first-order chi connectivity index (χ1) is 10.7. The molecule has 2 aromatic rings. The molecule has 7 heteroatoms. The Labute approximate surface area is 127 Å². The van der Waals surface area contributed by atoms with Crippen LogP contribution < -0.4 is 5.69 Å². The van der Waals surface area contributed by atoms with Gasteiger partial charge in [-0.25, -0.2) is 9.78 Å². The van der Waals surface area contributed by atoms with E-state index in [2.05, 4.69) is 9.97 Å². The van der Waals surface area contributed by atoms with Crippen molar-refractivity contribution in [2.75, 3.05) is 19.7 Å². The van der Waals surface area contributed by atoms with Gasteiger partial charge in [0.15, 0.2) is 0 Å². The zero-order valence-electron chi connectivity index (χ0n) is 12.0. The van der Waals surface area contributed by atoms with Gasteiger partial charge in [-0.15, -0.1) is 0 Å². The number of carbonyl (C=O) groups excluding carboxylic acids is 1. The minimum Gasteiger partial charge on any atom is -0.370 e. The van der Waals surface area contributed by atoms with Gasteiger partial charge in [0, 0.05) is 31.3 Å². The SMILES string of the molecule is O=C(Cn1cccnc1=O)N1CCO[C@H](c2ccncc2)C1. The summed E-state index contributed by atoms with van der Waals surface area (Å²) in [7, 11) is 0. The number of pyridine rings is 1. The van der Waals surface area contributed by atoms with E-state index in [0.29, 0.717) is 19.7 Å². The molecule has 0 saturated carbocycles. The molecule has 1 saturated heterocycles.